The summed E-state index contributed by atoms with van der Waals surface area (Å²) in [6.45, 7) is 6.62. The summed E-state index contributed by atoms with van der Waals surface area (Å²) in [7, 11) is 0. The smallest absolute Gasteiger partial charge is 0.266 e. The second-order valence-corrected chi connectivity index (χ2v) is 9.59. The van der Waals surface area contributed by atoms with Crippen LogP contribution in [0, 0.1) is 14.9 Å². The van der Waals surface area contributed by atoms with Crippen molar-refractivity contribution in [2.45, 2.75) is 33.5 Å². The zero-order chi connectivity index (χ0) is 26.1. The van der Waals surface area contributed by atoms with Crippen molar-refractivity contribution in [3.63, 3.8) is 0 Å². The van der Waals surface area contributed by atoms with Gasteiger partial charge in [-0.05, 0) is 109 Å². The van der Waals surface area contributed by atoms with Crippen molar-refractivity contribution >= 4 is 51.9 Å². The highest BCUT2D eigenvalue weighted by Crippen LogP contribution is 2.35. The van der Waals surface area contributed by atoms with Gasteiger partial charge in [-0.3, -0.25) is 4.79 Å². The predicted molar refractivity (Wildman–Crippen MR) is 151 cm³/mol. The molecule has 0 aliphatic carbocycles. The van der Waals surface area contributed by atoms with Crippen molar-refractivity contribution < 1.29 is 19.0 Å². The first kappa shape index (κ1) is 27.4. The molecule has 0 fully saturated rings. The molecule has 0 saturated heterocycles. The van der Waals surface area contributed by atoms with E-state index in [2.05, 4.69) is 27.9 Å². The average Bonchev–Trinajstić information content (AvgIpc) is 2.85. The lowest BCUT2D eigenvalue weighted by Crippen LogP contribution is -2.13. The molecule has 0 atom stereocenters. The second kappa shape index (κ2) is 13.2. The van der Waals surface area contributed by atoms with Crippen LogP contribution in [-0.4, -0.2) is 18.6 Å². The quantitative estimate of drug-likeness (QED) is 0.147. The summed E-state index contributed by atoms with van der Waals surface area (Å²) in [6.07, 6.45) is 1.51. The molecule has 0 spiro atoms. The zero-order valence-corrected chi connectivity index (χ0v) is 23.1. The average molecular weight is 617 g/mol. The van der Waals surface area contributed by atoms with Gasteiger partial charge in [-0.2, -0.15) is 5.26 Å². The van der Waals surface area contributed by atoms with Crippen molar-refractivity contribution in [1.29, 1.82) is 5.26 Å². The summed E-state index contributed by atoms with van der Waals surface area (Å²) in [5.41, 5.74) is 2.17. The number of carbonyl (C=O) groups is 1. The topological polar surface area (TPSA) is 80.6 Å². The fraction of sp³-hybridized carbons (Fsp3) is 0.214. The van der Waals surface area contributed by atoms with Crippen molar-refractivity contribution in [2.75, 3.05) is 11.9 Å². The third kappa shape index (κ3) is 7.90. The van der Waals surface area contributed by atoms with Gasteiger partial charge in [-0.1, -0.05) is 23.7 Å². The molecular weight excluding hydrogens is 591 g/mol. The number of anilines is 1. The molecule has 0 aliphatic heterocycles. The summed E-state index contributed by atoms with van der Waals surface area (Å²) in [6, 6.07) is 20.0. The first-order valence-electron chi connectivity index (χ1n) is 11.3. The Morgan fingerprint density at radius 1 is 1.11 bits per heavy atom. The number of rotatable bonds is 10. The highest BCUT2D eigenvalue weighted by Gasteiger charge is 2.15. The number of nitrogens with one attached hydrogen (secondary N) is 1. The van der Waals surface area contributed by atoms with Gasteiger partial charge >= 0.3 is 0 Å². The Hall–Kier alpha value is -3.22. The van der Waals surface area contributed by atoms with Gasteiger partial charge in [-0.15, -0.1) is 0 Å². The Labute approximate surface area is 230 Å². The molecule has 3 rings (SSSR count). The van der Waals surface area contributed by atoms with Crippen LogP contribution in [0.3, 0.4) is 0 Å². The van der Waals surface area contributed by atoms with E-state index in [0.29, 0.717) is 46.7 Å². The number of nitriles is 1. The molecule has 3 aromatic carbocycles. The molecule has 36 heavy (non-hydrogen) atoms. The number of halogens is 2. The van der Waals surface area contributed by atoms with Crippen LogP contribution in [0.25, 0.3) is 6.08 Å². The van der Waals surface area contributed by atoms with E-state index >= 15 is 0 Å². The lowest BCUT2D eigenvalue weighted by atomic mass is 10.1. The fourth-order valence-electron chi connectivity index (χ4n) is 3.18. The molecule has 186 valence electrons. The highest BCUT2D eigenvalue weighted by atomic mass is 127. The van der Waals surface area contributed by atoms with Gasteiger partial charge < -0.3 is 19.5 Å². The summed E-state index contributed by atoms with van der Waals surface area (Å²) in [4.78, 5) is 12.8. The number of amides is 1. The van der Waals surface area contributed by atoms with Gasteiger partial charge in [0.15, 0.2) is 11.5 Å². The van der Waals surface area contributed by atoms with Crippen LogP contribution in [0.15, 0.2) is 66.2 Å². The van der Waals surface area contributed by atoms with Crippen molar-refractivity contribution in [3.8, 4) is 23.3 Å². The van der Waals surface area contributed by atoms with E-state index in [4.69, 9.17) is 25.8 Å². The molecule has 0 unspecified atom stereocenters. The molecule has 6 nitrogen and oxygen atoms in total. The minimum atomic E-state index is -0.511. The van der Waals surface area contributed by atoms with Crippen LogP contribution in [0.4, 0.5) is 5.69 Å². The number of ether oxygens (including phenoxy) is 3. The second-order valence-electron chi connectivity index (χ2n) is 7.99. The Balaban J connectivity index is 1.70. The first-order chi connectivity index (χ1) is 17.3. The van der Waals surface area contributed by atoms with Gasteiger partial charge in [0.25, 0.3) is 5.91 Å². The third-order valence-corrected chi connectivity index (χ3v) is 5.85. The van der Waals surface area contributed by atoms with Crippen LogP contribution in [0.1, 0.15) is 31.9 Å². The first-order valence-corrected chi connectivity index (χ1v) is 12.8. The van der Waals surface area contributed by atoms with Crippen molar-refractivity contribution in [1.82, 2.24) is 0 Å². The Morgan fingerprint density at radius 2 is 1.81 bits per heavy atom. The molecule has 0 heterocycles. The SMILES string of the molecule is CCOc1cc(/C=C(\C#N)C(=O)Nc2ccc(OCc3ccc(Cl)cc3)cc2)cc(I)c1OC(C)C. The van der Waals surface area contributed by atoms with Crippen LogP contribution in [0.2, 0.25) is 5.02 Å². The van der Waals surface area contributed by atoms with Crippen LogP contribution in [0.5, 0.6) is 17.2 Å². The van der Waals surface area contributed by atoms with Crippen LogP contribution in [-0.2, 0) is 11.4 Å². The lowest BCUT2D eigenvalue weighted by molar-refractivity contribution is -0.112. The molecule has 0 radical (unpaired) electrons. The molecule has 3 aromatic rings. The molecule has 1 amide bonds. The maximum absolute atomic E-state index is 12.8. The van der Waals surface area contributed by atoms with E-state index in [1.54, 1.807) is 30.3 Å². The number of carbonyl (C=O) groups excluding carboxylic acids is 1. The molecule has 0 saturated carbocycles. The van der Waals surface area contributed by atoms with E-state index in [1.807, 2.05) is 57.2 Å². The van der Waals surface area contributed by atoms with Crippen LogP contribution < -0.4 is 19.5 Å². The molecule has 1 N–H and O–H groups in total. The van der Waals surface area contributed by atoms with Gasteiger partial charge in [0.1, 0.15) is 24.0 Å². The Kier molecular flexibility index (Phi) is 10.0. The maximum Gasteiger partial charge on any atom is 0.266 e. The molecule has 0 aromatic heterocycles. The minimum Gasteiger partial charge on any atom is -0.490 e. The Bertz CT molecular complexity index is 1270. The number of hydrogen-bond donors (Lipinski definition) is 1. The number of hydrogen-bond acceptors (Lipinski definition) is 5. The van der Waals surface area contributed by atoms with E-state index in [1.165, 1.54) is 6.08 Å². The molecule has 0 aliphatic rings. The Morgan fingerprint density at radius 3 is 2.42 bits per heavy atom. The molecule has 0 bridgehead atoms. The summed E-state index contributed by atoms with van der Waals surface area (Å²) < 4.78 is 18.2. The highest BCUT2D eigenvalue weighted by molar-refractivity contribution is 14.1. The normalized spacial score (nSPS) is 11.1. The third-order valence-electron chi connectivity index (χ3n) is 4.79. The van der Waals surface area contributed by atoms with Crippen molar-refractivity contribution in [2.24, 2.45) is 0 Å². The maximum atomic E-state index is 12.8. The summed E-state index contributed by atoms with van der Waals surface area (Å²) >= 11 is 8.06. The van der Waals surface area contributed by atoms with Gasteiger partial charge in [0, 0.05) is 10.7 Å². The van der Waals surface area contributed by atoms with E-state index in [-0.39, 0.29) is 11.7 Å². The zero-order valence-electron chi connectivity index (χ0n) is 20.2. The van der Waals surface area contributed by atoms with Crippen molar-refractivity contribution in [3.05, 3.63) is 86.0 Å². The standard InChI is InChI=1S/C28H26ClIN2O4/c1-4-34-26-15-20(14-25(30)27(26)36-18(2)3)13-21(16-31)28(33)32-23-9-11-24(12-10-23)35-17-19-5-7-22(29)8-6-19/h5-15,18H,4,17H2,1-3H3,(H,32,33)/b21-13+. The van der Waals surface area contributed by atoms with E-state index < -0.39 is 5.91 Å². The largest absolute Gasteiger partial charge is 0.490 e. The lowest BCUT2D eigenvalue weighted by Gasteiger charge is -2.17. The van der Waals surface area contributed by atoms with E-state index in [0.717, 1.165) is 9.13 Å². The fourth-order valence-corrected chi connectivity index (χ4v) is 4.06. The minimum absolute atomic E-state index is 0.0196. The molecular formula is C28H26ClIN2O4. The monoisotopic (exact) mass is 616 g/mol. The number of benzene rings is 3. The van der Waals surface area contributed by atoms with E-state index in [9.17, 15) is 10.1 Å². The van der Waals surface area contributed by atoms with Gasteiger partial charge in [0.2, 0.25) is 0 Å². The number of nitrogens with zero attached hydrogens (tertiary/aromatic N) is 1. The summed E-state index contributed by atoms with van der Waals surface area (Å²) in [5.74, 6) is 1.35. The summed E-state index contributed by atoms with van der Waals surface area (Å²) in [5, 5.41) is 13.1. The predicted octanol–water partition coefficient (Wildman–Crippen LogP) is 7.26. The van der Waals surface area contributed by atoms with Gasteiger partial charge in [0.05, 0.1) is 16.3 Å². The van der Waals surface area contributed by atoms with Crippen LogP contribution >= 0.6 is 34.2 Å². The molecule has 8 heteroatoms. The van der Waals surface area contributed by atoms with Gasteiger partial charge in [-0.25, -0.2) is 0 Å².